The fourth-order valence-electron chi connectivity index (χ4n) is 1.46. The van der Waals surface area contributed by atoms with Crippen molar-refractivity contribution in [2.45, 2.75) is 0 Å². The van der Waals surface area contributed by atoms with Gasteiger partial charge in [0.25, 0.3) is 5.91 Å². The first-order valence-corrected chi connectivity index (χ1v) is 4.77. The van der Waals surface area contributed by atoms with E-state index in [-0.39, 0.29) is 5.70 Å². The van der Waals surface area contributed by atoms with E-state index in [1.54, 1.807) is 24.3 Å². The molecule has 0 aromatic heterocycles. The van der Waals surface area contributed by atoms with Crippen LogP contribution in [0.2, 0.25) is 0 Å². The highest BCUT2D eigenvalue weighted by Gasteiger charge is 2.21. The average molecular weight is 231 g/mol. The van der Waals surface area contributed by atoms with Gasteiger partial charge in [0.15, 0.2) is 5.70 Å². The van der Waals surface area contributed by atoms with Crippen LogP contribution in [0.4, 0.5) is 5.69 Å². The van der Waals surface area contributed by atoms with Crippen molar-refractivity contribution in [3.8, 4) is 0 Å². The smallest absolute Gasteiger partial charge is 0.356 e. The summed E-state index contributed by atoms with van der Waals surface area (Å²) in [6.45, 7) is 0. The van der Waals surface area contributed by atoms with Gasteiger partial charge in [-0.25, -0.2) is 9.79 Å². The second-order valence-electron chi connectivity index (χ2n) is 3.36. The van der Waals surface area contributed by atoms with Crippen LogP contribution in [-0.4, -0.2) is 23.2 Å². The van der Waals surface area contributed by atoms with E-state index in [0.717, 1.165) is 0 Å². The lowest BCUT2D eigenvalue weighted by atomic mass is 10.2. The molecule has 1 aromatic carbocycles. The zero-order valence-electron chi connectivity index (χ0n) is 8.68. The minimum atomic E-state index is -1.31. The monoisotopic (exact) mass is 231 g/mol. The van der Waals surface area contributed by atoms with Gasteiger partial charge >= 0.3 is 5.97 Å². The minimum Gasteiger partial charge on any atom is -0.476 e. The fourth-order valence-corrected chi connectivity index (χ4v) is 1.46. The lowest BCUT2D eigenvalue weighted by Gasteiger charge is -2.08. The van der Waals surface area contributed by atoms with Crippen molar-refractivity contribution in [1.82, 2.24) is 0 Å². The lowest BCUT2D eigenvalue weighted by Crippen LogP contribution is -2.23. The zero-order chi connectivity index (χ0) is 12.4. The Morgan fingerprint density at radius 3 is 2.65 bits per heavy atom. The van der Waals surface area contributed by atoms with Crippen molar-refractivity contribution in [1.29, 1.82) is 0 Å². The third-order valence-electron chi connectivity index (χ3n) is 2.24. The Morgan fingerprint density at radius 2 is 2.00 bits per heavy atom. The van der Waals surface area contributed by atoms with Crippen LogP contribution in [0.3, 0.4) is 0 Å². The summed E-state index contributed by atoms with van der Waals surface area (Å²) in [6, 6.07) is 6.98. The number of aliphatic carboxylic acids is 1. The molecule has 0 bridgehead atoms. The molecule has 0 spiro atoms. The molecule has 17 heavy (non-hydrogen) atoms. The molecule has 0 fully saturated rings. The number of anilines is 1. The highest BCUT2D eigenvalue weighted by atomic mass is 16.4. The van der Waals surface area contributed by atoms with Gasteiger partial charge in [-0.2, -0.15) is 0 Å². The van der Waals surface area contributed by atoms with Crippen LogP contribution < -0.4 is 11.1 Å². The van der Waals surface area contributed by atoms with Gasteiger partial charge in [0.2, 0.25) is 0 Å². The van der Waals surface area contributed by atoms with Gasteiger partial charge < -0.3 is 16.2 Å². The van der Waals surface area contributed by atoms with Gasteiger partial charge in [-0.15, -0.1) is 0 Å². The molecule has 1 aliphatic rings. The number of carboxylic acid groups (broad SMARTS) is 1. The maximum Gasteiger partial charge on any atom is 0.356 e. The molecule has 86 valence electrons. The van der Waals surface area contributed by atoms with E-state index in [0.29, 0.717) is 11.3 Å². The molecule has 0 aliphatic carbocycles. The number of para-hydroxylation sites is 1. The van der Waals surface area contributed by atoms with Crippen LogP contribution in [0.25, 0.3) is 0 Å². The Morgan fingerprint density at radius 1 is 1.29 bits per heavy atom. The van der Waals surface area contributed by atoms with Gasteiger partial charge in [0, 0.05) is 17.5 Å². The standard InChI is InChI=1S/C11H9N3O3/c12-10(15)8-9(11(16)17)13-5-6-3-1-2-4-7(6)14-8/h1-5,14H,(H2,12,15)(H,16,17). The quantitative estimate of drug-likeness (QED) is 0.681. The van der Waals surface area contributed by atoms with Crippen molar-refractivity contribution in [3.05, 3.63) is 41.2 Å². The Labute approximate surface area is 96.5 Å². The highest BCUT2D eigenvalue weighted by molar-refractivity contribution is 6.07. The van der Waals surface area contributed by atoms with Crippen molar-refractivity contribution >= 4 is 23.8 Å². The number of nitrogens with one attached hydrogen (secondary N) is 1. The van der Waals surface area contributed by atoms with E-state index in [2.05, 4.69) is 10.3 Å². The number of nitrogens with two attached hydrogens (primary N) is 1. The van der Waals surface area contributed by atoms with E-state index in [4.69, 9.17) is 10.8 Å². The largest absolute Gasteiger partial charge is 0.476 e. The molecular weight excluding hydrogens is 222 g/mol. The molecule has 6 heteroatoms. The van der Waals surface area contributed by atoms with E-state index in [1.807, 2.05) is 0 Å². The number of benzene rings is 1. The first-order valence-electron chi connectivity index (χ1n) is 4.77. The molecule has 4 N–H and O–H groups in total. The molecule has 0 radical (unpaired) electrons. The maximum atomic E-state index is 11.2. The van der Waals surface area contributed by atoms with Gasteiger partial charge in [-0.3, -0.25) is 4.79 Å². The molecule has 1 aromatic rings. The van der Waals surface area contributed by atoms with Crippen molar-refractivity contribution < 1.29 is 14.7 Å². The van der Waals surface area contributed by atoms with Gasteiger partial charge in [-0.05, 0) is 6.07 Å². The maximum absolute atomic E-state index is 11.2. The van der Waals surface area contributed by atoms with Crippen LogP contribution in [0.15, 0.2) is 40.7 Å². The van der Waals surface area contributed by atoms with Crippen molar-refractivity contribution in [2.75, 3.05) is 5.32 Å². The number of carbonyl (C=O) groups is 2. The van der Waals surface area contributed by atoms with Crippen LogP contribution in [0.5, 0.6) is 0 Å². The first-order chi connectivity index (χ1) is 8.09. The summed E-state index contributed by atoms with van der Waals surface area (Å²) in [5.74, 6) is -2.17. The number of fused-ring (bicyclic) bond motifs is 1. The molecule has 1 amide bonds. The molecule has 2 rings (SSSR count). The molecule has 1 aliphatic heterocycles. The van der Waals surface area contributed by atoms with Crippen LogP contribution >= 0.6 is 0 Å². The molecule has 0 saturated carbocycles. The number of hydrogen-bond acceptors (Lipinski definition) is 4. The van der Waals surface area contributed by atoms with Crippen molar-refractivity contribution in [2.24, 2.45) is 10.7 Å². The number of amides is 1. The number of rotatable bonds is 2. The molecular formula is C11H9N3O3. The third kappa shape index (κ3) is 2.00. The fraction of sp³-hybridized carbons (Fsp3) is 0. The number of hydrogen-bond donors (Lipinski definition) is 3. The van der Waals surface area contributed by atoms with Crippen LogP contribution in [-0.2, 0) is 9.59 Å². The normalized spacial score (nSPS) is 13.6. The number of primary amides is 1. The van der Waals surface area contributed by atoms with Gasteiger partial charge in [0.05, 0.1) is 0 Å². The van der Waals surface area contributed by atoms with E-state index >= 15 is 0 Å². The van der Waals surface area contributed by atoms with Crippen LogP contribution in [0.1, 0.15) is 5.56 Å². The summed E-state index contributed by atoms with van der Waals surface area (Å²) < 4.78 is 0. The van der Waals surface area contributed by atoms with E-state index in [9.17, 15) is 9.59 Å². The van der Waals surface area contributed by atoms with Crippen molar-refractivity contribution in [3.63, 3.8) is 0 Å². The van der Waals surface area contributed by atoms with Crippen LogP contribution in [0, 0.1) is 0 Å². The van der Waals surface area contributed by atoms with E-state index in [1.165, 1.54) is 6.21 Å². The SMILES string of the molecule is NC(=O)C1=C(C(=O)O)N=Cc2ccccc2N1. The Bertz CT molecular complexity index is 561. The summed E-state index contributed by atoms with van der Waals surface area (Å²) in [5.41, 5.74) is 5.77. The predicted molar refractivity (Wildman–Crippen MR) is 61.5 cm³/mol. The second kappa shape index (κ2) is 4.09. The Kier molecular flexibility index (Phi) is 2.61. The first kappa shape index (κ1) is 10.9. The Hall–Kier alpha value is -2.63. The van der Waals surface area contributed by atoms with Gasteiger partial charge in [-0.1, -0.05) is 18.2 Å². The van der Waals surface area contributed by atoms with E-state index < -0.39 is 17.6 Å². The highest BCUT2D eigenvalue weighted by Crippen LogP contribution is 2.20. The second-order valence-corrected chi connectivity index (χ2v) is 3.36. The number of aliphatic imine (C=N–C) groups is 1. The zero-order valence-corrected chi connectivity index (χ0v) is 8.68. The summed E-state index contributed by atoms with van der Waals surface area (Å²) in [6.07, 6.45) is 1.38. The lowest BCUT2D eigenvalue weighted by molar-refractivity contribution is -0.133. The summed E-state index contributed by atoms with van der Waals surface area (Å²) >= 11 is 0. The minimum absolute atomic E-state index is 0.223. The number of carboxylic acids is 1. The number of nitrogens with zero attached hydrogens (tertiary/aromatic N) is 1. The average Bonchev–Trinajstić information content (AvgIpc) is 2.47. The molecule has 1 heterocycles. The molecule has 0 saturated heterocycles. The Balaban J connectivity index is 2.58. The topological polar surface area (TPSA) is 105 Å². The summed E-state index contributed by atoms with van der Waals surface area (Å²) in [5, 5.41) is 11.6. The van der Waals surface area contributed by atoms with Gasteiger partial charge in [0.1, 0.15) is 5.70 Å². The predicted octanol–water partition coefficient (Wildman–Crippen LogP) is 0.312. The molecule has 0 atom stereocenters. The third-order valence-corrected chi connectivity index (χ3v) is 2.24. The summed E-state index contributed by atoms with van der Waals surface area (Å²) in [7, 11) is 0. The number of carbonyl (C=O) groups excluding carboxylic acids is 1. The molecule has 0 unspecified atom stereocenters. The molecule has 6 nitrogen and oxygen atoms in total. The summed E-state index contributed by atoms with van der Waals surface area (Å²) in [4.78, 5) is 25.9.